The summed E-state index contributed by atoms with van der Waals surface area (Å²) in [5.74, 6) is -0.970. The van der Waals surface area contributed by atoms with Crippen molar-refractivity contribution < 1.29 is 57.5 Å². The van der Waals surface area contributed by atoms with Gasteiger partial charge >= 0.3 is 24.7 Å². The molecular formula is C24H13F12NO. The molecule has 204 valence electrons. The highest BCUT2D eigenvalue weighted by Crippen LogP contribution is 2.39. The summed E-state index contributed by atoms with van der Waals surface area (Å²) in [5.41, 5.74) is -7.57. The number of carbonyl (C=O) groups is 1. The molecule has 1 amide bonds. The second kappa shape index (κ2) is 9.87. The molecule has 0 fully saturated rings. The lowest BCUT2D eigenvalue weighted by molar-refractivity contribution is -0.144. The van der Waals surface area contributed by atoms with Gasteiger partial charge in [-0.2, -0.15) is 52.7 Å². The van der Waals surface area contributed by atoms with Crippen molar-refractivity contribution in [2.75, 3.05) is 0 Å². The summed E-state index contributed by atoms with van der Waals surface area (Å²) in [7, 11) is 0. The van der Waals surface area contributed by atoms with E-state index in [2.05, 4.69) is 5.32 Å². The number of alkyl halides is 12. The van der Waals surface area contributed by atoms with Gasteiger partial charge in [0.1, 0.15) is 0 Å². The van der Waals surface area contributed by atoms with Crippen molar-refractivity contribution in [3.8, 4) is 11.1 Å². The Morgan fingerprint density at radius 1 is 0.526 bits per heavy atom. The molecule has 0 aliphatic carbocycles. The minimum absolute atomic E-state index is 0.0523. The third-order valence-electron chi connectivity index (χ3n) is 5.17. The van der Waals surface area contributed by atoms with Crippen molar-refractivity contribution in [2.24, 2.45) is 0 Å². The van der Waals surface area contributed by atoms with Crippen LogP contribution < -0.4 is 5.32 Å². The first-order valence-electron chi connectivity index (χ1n) is 10.2. The molecule has 0 atom stereocenters. The van der Waals surface area contributed by atoms with Crippen LogP contribution >= 0.6 is 0 Å². The van der Waals surface area contributed by atoms with Gasteiger partial charge in [-0.1, -0.05) is 12.1 Å². The Morgan fingerprint density at radius 2 is 0.895 bits per heavy atom. The van der Waals surface area contributed by atoms with E-state index in [1.807, 2.05) is 0 Å². The van der Waals surface area contributed by atoms with E-state index in [1.165, 1.54) is 0 Å². The molecule has 38 heavy (non-hydrogen) atoms. The van der Waals surface area contributed by atoms with Crippen LogP contribution in [0.2, 0.25) is 0 Å². The Morgan fingerprint density at radius 3 is 1.26 bits per heavy atom. The van der Waals surface area contributed by atoms with Gasteiger partial charge in [-0.3, -0.25) is 4.79 Å². The Bertz CT molecular complexity index is 1250. The van der Waals surface area contributed by atoms with Crippen molar-refractivity contribution in [3.63, 3.8) is 0 Å². The second-order valence-corrected chi connectivity index (χ2v) is 7.97. The minimum Gasteiger partial charge on any atom is -0.348 e. The zero-order valence-corrected chi connectivity index (χ0v) is 18.4. The molecule has 0 heterocycles. The molecule has 3 aromatic rings. The van der Waals surface area contributed by atoms with Crippen molar-refractivity contribution in [1.82, 2.24) is 5.32 Å². The van der Waals surface area contributed by atoms with Gasteiger partial charge in [-0.15, -0.1) is 0 Å². The zero-order chi connectivity index (χ0) is 28.7. The van der Waals surface area contributed by atoms with Gasteiger partial charge < -0.3 is 5.32 Å². The van der Waals surface area contributed by atoms with Crippen LogP contribution in [0.25, 0.3) is 11.1 Å². The number of halogens is 12. The quantitative estimate of drug-likeness (QED) is 0.320. The summed E-state index contributed by atoms with van der Waals surface area (Å²) in [5, 5.41) is 2.12. The largest absolute Gasteiger partial charge is 0.416 e. The van der Waals surface area contributed by atoms with E-state index < -0.39 is 70.5 Å². The molecule has 14 heteroatoms. The van der Waals surface area contributed by atoms with Gasteiger partial charge in [-0.05, 0) is 65.2 Å². The Balaban J connectivity index is 1.84. The van der Waals surface area contributed by atoms with Crippen molar-refractivity contribution in [2.45, 2.75) is 31.2 Å². The Kier molecular flexibility index (Phi) is 7.50. The maximum Gasteiger partial charge on any atom is 0.416 e. The summed E-state index contributed by atoms with van der Waals surface area (Å²) in [6, 6.07) is 5.79. The van der Waals surface area contributed by atoms with E-state index in [0.717, 1.165) is 24.3 Å². The first kappa shape index (κ1) is 28.9. The van der Waals surface area contributed by atoms with Crippen LogP contribution in [-0.4, -0.2) is 5.91 Å². The van der Waals surface area contributed by atoms with Crippen LogP contribution in [0.5, 0.6) is 0 Å². The minimum atomic E-state index is -5.09. The molecule has 0 aliphatic rings. The molecule has 0 bridgehead atoms. The SMILES string of the molecule is O=C(NCc1cc(C(F)(F)F)cc(C(F)(F)F)c1)c1ccc(-c2cc(C(F)(F)F)cc(C(F)(F)F)c2)cc1. The molecule has 0 radical (unpaired) electrons. The highest BCUT2D eigenvalue weighted by atomic mass is 19.4. The number of rotatable bonds is 4. The number of hydrogen-bond acceptors (Lipinski definition) is 1. The Labute approximate surface area is 205 Å². The molecule has 0 unspecified atom stereocenters. The van der Waals surface area contributed by atoms with Crippen LogP contribution in [0.1, 0.15) is 38.2 Å². The molecule has 2 nitrogen and oxygen atoms in total. The predicted molar refractivity (Wildman–Crippen MR) is 109 cm³/mol. The smallest absolute Gasteiger partial charge is 0.348 e. The van der Waals surface area contributed by atoms with Gasteiger partial charge in [0.15, 0.2) is 0 Å². The van der Waals surface area contributed by atoms with Crippen molar-refractivity contribution in [1.29, 1.82) is 0 Å². The standard InChI is InChI=1S/C24H13F12NO/c25-21(26,27)16-5-12(6-17(9-16)22(28,29)30)11-37-20(38)14-3-1-13(2-4-14)15-7-18(23(31,32)33)10-19(8-15)24(34,35)36/h1-10H,11H2,(H,37,38). The molecule has 0 spiro atoms. The predicted octanol–water partition coefficient (Wildman–Crippen LogP) is 8.36. The van der Waals surface area contributed by atoms with E-state index in [1.54, 1.807) is 0 Å². The van der Waals surface area contributed by atoms with E-state index in [-0.39, 0.29) is 23.3 Å². The van der Waals surface area contributed by atoms with Crippen LogP contribution in [0, 0.1) is 0 Å². The third kappa shape index (κ3) is 6.98. The molecule has 1 N–H and O–H groups in total. The summed E-state index contributed by atoms with van der Waals surface area (Å²) in [4.78, 5) is 12.3. The van der Waals surface area contributed by atoms with Gasteiger partial charge in [0.2, 0.25) is 0 Å². The van der Waals surface area contributed by atoms with Crippen LogP contribution in [0.4, 0.5) is 52.7 Å². The molecule has 0 saturated heterocycles. The zero-order valence-electron chi connectivity index (χ0n) is 18.4. The lowest BCUT2D eigenvalue weighted by atomic mass is 9.98. The first-order valence-corrected chi connectivity index (χ1v) is 10.2. The van der Waals surface area contributed by atoms with Crippen LogP contribution in [0.3, 0.4) is 0 Å². The number of hydrogen-bond donors (Lipinski definition) is 1. The molecule has 0 saturated carbocycles. The van der Waals surface area contributed by atoms with E-state index in [4.69, 9.17) is 0 Å². The fraction of sp³-hybridized carbons (Fsp3) is 0.208. The molecular weight excluding hydrogens is 546 g/mol. The maximum atomic E-state index is 13.1. The monoisotopic (exact) mass is 559 g/mol. The van der Waals surface area contributed by atoms with Crippen molar-refractivity contribution >= 4 is 5.91 Å². The topological polar surface area (TPSA) is 29.1 Å². The number of benzene rings is 3. The number of carbonyl (C=O) groups excluding carboxylic acids is 1. The van der Waals surface area contributed by atoms with Gasteiger partial charge in [-0.25, -0.2) is 0 Å². The molecule has 0 aromatic heterocycles. The van der Waals surface area contributed by atoms with E-state index in [9.17, 15) is 57.5 Å². The van der Waals surface area contributed by atoms with E-state index >= 15 is 0 Å². The highest BCUT2D eigenvalue weighted by Gasteiger charge is 2.38. The normalized spacial score (nSPS) is 12.9. The fourth-order valence-corrected chi connectivity index (χ4v) is 3.34. The average molecular weight is 559 g/mol. The van der Waals surface area contributed by atoms with E-state index in [0.29, 0.717) is 24.3 Å². The third-order valence-corrected chi connectivity index (χ3v) is 5.17. The second-order valence-electron chi connectivity index (χ2n) is 7.97. The summed E-state index contributed by atoms with van der Waals surface area (Å²) in [6.07, 6.45) is -20.3. The molecule has 0 aliphatic heterocycles. The lowest BCUT2D eigenvalue weighted by Crippen LogP contribution is -2.23. The molecule has 3 aromatic carbocycles. The summed E-state index contributed by atoms with van der Waals surface area (Å²) in [6.45, 7) is -0.740. The van der Waals surface area contributed by atoms with Gasteiger partial charge in [0, 0.05) is 12.1 Å². The van der Waals surface area contributed by atoms with Crippen LogP contribution in [0.15, 0.2) is 60.7 Å². The Hall–Kier alpha value is -3.71. The van der Waals surface area contributed by atoms with Gasteiger partial charge in [0.05, 0.1) is 22.3 Å². The first-order chi connectivity index (χ1) is 17.2. The fourth-order valence-electron chi connectivity index (χ4n) is 3.34. The van der Waals surface area contributed by atoms with Gasteiger partial charge in [0.25, 0.3) is 5.91 Å². The van der Waals surface area contributed by atoms with Crippen LogP contribution in [-0.2, 0) is 31.2 Å². The highest BCUT2D eigenvalue weighted by molar-refractivity contribution is 5.94. The number of amides is 1. The maximum absolute atomic E-state index is 13.1. The number of nitrogens with one attached hydrogen (secondary N) is 1. The van der Waals surface area contributed by atoms with Crippen molar-refractivity contribution in [3.05, 3.63) is 94.0 Å². The average Bonchev–Trinajstić information content (AvgIpc) is 2.80. The lowest BCUT2D eigenvalue weighted by Gasteiger charge is -2.15. The summed E-state index contributed by atoms with van der Waals surface area (Å²) >= 11 is 0. The summed E-state index contributed by atoms with van der Waals surface area (Å²) < 4.78 is 156. The molecule has 3 rings (SSSR count).